The van der Waals surface area contributed by atoms with Gasteiger partial charge >= 0.3 is 0 Å². The minimum absolute atomic E-state index is 0.654. The van der Waals surface area contributed by atoms with Crippen molar-refractivity contribution < 1.29 is 18.9 Å². The van der Waals surface area contributed by atoms with Crippen LogP contribution in [0.25, 0.3) is 0 Å². The van der Waals surface area contributed by atoms with Gasteiger partial charge in [-0.05, 0) is 0 Å². The normalized spacial score (nSPS) is 20.3. The number of fused-ring (bicyclic) bond motifs is 2. The minimum Gasteiger partial charge on any atom is -0.485 e. The number of thiophene rings is 2. The van der Waals surface area contributed by atoms with Gasteiger partial charge in [0.25, 0.3) is 0 Å². The molecular weight excluding hydrogens is 372 g/mol. The molecule has 0 aliphatic carbocycles. The molecule has 5 rings (SSSR count). The van der Waals surface area contributed by atoms with Gasteiger partial charge in [0.15, 0.2) is 23.0 Å². The lowest BCUT2D eigenvalue weighted by Gasteiger charge is -2.34. The Kier molecular flexibility index (Phi) is 4.66. The zero-order valence-electron chi connectivity index (χ0n) is 14.6. The highest BCUT2D eigenvalue weighted by atomic mass is 32.1. The van der Waals surface area contributed by atoms with Crippen molar-refractivity contribution in [2.45, 2.75) is 13.1 Å². The van der Waals surface area contributed by atoms with Gasteiger partial charge < -0.3 is 18.9 Å². The van der Waals surface area contributed by atoms with E-state index in [1.165, 1.54) is 9.75 Å². The van der Waals surface area contributed by atoms with E-state index < -0.39 is 0 Å². The summed E-state index contributed by atoms with van der Waals surface area (Å²) in [6, 6.07) is 0. The van der Waals surface area contributed by atoms with Crippen LogP contribution in [-0.2, 0) is 13.1 Å². The molecule has 140 valence electrons. The van der Waals surface area contributed by atoms with Crippen molar-refractivity contribution in [3.8, 4) is 23.0 Å². The molecule has 0 N–H and O–H groups in total. The summed E-state index contributed by atoms with van der Waals surface area (Å²) < 4.78 is 22.9. The van der Waals surface area contributed by atoms with Crippen LogP contribution in [0, 0.1) is 0 Å². The molecule has 1 saturated heterocycles. The quantitative estimate of drug-likeness (QED) is 0.794. The Labute approximate surface area is 160 Å². The van der Waals surface area contributed by atoms with Gasteiger partial charge in [-0.2, -0.15) is 0 Å². The SMILES string of the molecule is c1sc(CN2CCN(Cc3scc4c3OCCO4)CC2)c2c1OCCO2. The Morgan fingerprint density at radius 2 is 1.08 bits per heavy atom. The first kappa shape index (κ1) is 16.7. The van der Waals surface area contributed by atoms with E-state index in [1.54, 1.807) is 22.7 Å². The molecule has 0 radical (unpaired) electrons. The van der Waals surface area contributed by atoms with Crippen molar-refractivity contribution in [2.75, 3.05) is 52.6 Å². The number of hydrogen-bond donors (Lipinski definition) is 0. The highest BCUT2D eigenvalue weighted by Crippen LogP contribution is 2.41. The predicted octanol–water partition coefficient (Wildman–Crippen LogP) is 2.67. The van der Waals surface area contributed by atoms with Crippen LogP contribution < -0.4 is 18.9 Å². The fourth-order valence-electron chi connectivity index (χ4n) is 3.56. The van der Waals surface area contributed by atoms with Crippen LogP contribution in [0.15, 0.2) is 10.8 Å². The molecule has 6 nitrogen and oxygen atoms in total. The van der Waals surface area contributed by atoms with E-state index in [1.807, 2.05) is 0 Å². The lowest BCUT2D eigenvalue weighted by atomic mass is 10.2. The van der Waals surface area contributed by atoms with Gasteiger partial charge in [0, 0.05) is 50.0 Å². The molecule has 3 aliphatic heterocycles. The molecule has 3 aliphatic rings. The first-order valence-corrected chi connectivity index (χ1v) is 10.8. The fourth-order valence-corrected chi connectivity index (χ4v) is 5.46. The van der Waals surface area contributed by atoms with E-state index in [0.717, 1.165) is 62.3 Å². The lowest BCUT2D eigenvalue weighted by molar-refractivity contribution is 0.118. The van der Waals surface area contributed by atoms with E-state index in [0.29, 0.717) is 26.4 Å². The number of hydrogen-bond acceptors (Lipinski definition) is 8. The predicted molar refractivity (Wildman–Crippen MR) is 101 cm³/mol. The average Bonchev–Trinajstić information content (AvgIpc) is 3.28. The third kappa shape index (κ3) is 3.26. The van der Waals surface area contributed by atoms with Crippen LogP contribution in [0.3, 0.4) is 0 Å². The van der Waals surface area contributed by atoms with E-state index >= 15 is 0 Å². The molecule has 26 heavy (non-hydrogen) atoms. The van der Waals surface area contributed by atoms with Crippen molar-refractivity contribution in [3.05, 3.63) is 20.5 Å². The summed E-state index contributed by atoms with van der Waals surface area (Å²) in [7, 11) is 0. The average molecular weight is 395 g/mol. The number of piperazine rings is 1. The van der Waals surface area contributed by atoms with Crippen molar-refractivity contribution >= 4 is 22.7 Å². The molecule has 0 spiro atoms. The Balaban J connectivity index is 1.17. The summed E-state index contributed by atoms with van der Waals surface area (Å²) in [6.07, 6.45) is 0. The third-order valence-electron chi connectivity index (χ3n) is 4.94. The summed E-state index contributed by atoms with van der Waals surface area (Å²) in [6.45, 7) is 8.79. The third-order valence-corrected chi connectivity index (χ3v) is 6.81. The molecule has 0 amide bonds. The molecule has 0 atom stereocenters. The van der Waals surface area contributed by atoms with Crippen LogP contribution in [0.4, 0.5) is 0 Å². The maximum Gasteiger partial charge on any atom is 0.176 e. The number of ether oxygens (including phenoxy) is 4. The zero-order valence-corrected chi connectivity index (χ0v) is 16.2. The van der Waals surface area contributed by atoms with Gasteiger partial charge in [0.1, 0.15) is 26.4 Å². The summed E-state index contributed by atoms with van der Waals surface area (Å²) in [4.78, 5) is 7.57. The van der Waals surface area contributed by atoms with Crippen LogP contribution in [0.5, 0.6) is 23.0 Å². The molecule has 0 unspecified atom stereocenters. The van der Waals surface area contributed by atoms with Gasteiger partial charge in [-0.3, -0.25) is 9.80 Å². The van der Waals surface area contributed by atoms with E-state index in [4.69, 9.17) is 18.9 Å². The van der Waals surface area contributed by atoms with Gasteiger partial charge in [-0.1, -0.05) is 0 Å². The maximum absolute atomic E-state index is 5.80. The van der Waals surface area contributed by atoms with Crippen molar-refractivity contribution in [2.24, 2.45) is 0 Å². The zero-order chi connectivity index (χ0) is 17.3. The van der Waals surface area contributed by atoms with Crippen LogP contribution >= 0.6 is 22.7 Å². The molecular formula is C18H22N2O4S2. The van der Waals surface area contributed by atoms with E-state index in [2.05, 4.69) is 20.6 Å². The van der Waals surface area contributed by atoms with Gasteiger partial charge in [0.05, 0.1) is 9.75 Å². The van der Waals surface area contributed by atoms with Crippen LogP contribution in [0.2, 0.25) is 0 Å². The lowest BCUT2D eigenvalue weighted by Crippen LogP contribution is -2.45. The van der Waals surface area contributed by atoms with Crippen molar-refractivity contribution in [1.82, 2.24) is 9.80 Å². The molecule has 0 saturated carbocycles. The molecule has 1 fully saturated rings. The molecule has 5 heterocycles. The molecule has 2 aromatic rings. The maximum atomic E-state index is 5.80. The fraction of sp³-hybridized carbons (Fsp3) is 0.556. The molecule has 0 bridgehead atoms. The van der Waals surface area contributed by atoms with Crippen molar-refractivity contribution in [1.29, 1.82) is 0 Å². The van der Waals surface area contributed by atoms with E-state index in [9.17, 15) is 0 Å². The van der Waals surface area contributed by atoms with Gasteiger partial charge in [-0.25, -0.2) is 0 Å². The van der Waals surface area contributed by atoms with Crippen LogP contribution in [0.1, 0.15) is 9.75 Å². The Bertz CT molecular complexity index is 703. The number of nitrogens with zero attached hydrogens (tertiary/aromatic N) is 2. The second-order valence-corrected chi connectivity index (χ2v) is 8.58. The van der Waals surface area contributed by atoms with Gasteiger partial charge in [-0.15, -0.1) is 22.7 Å². The summed E-state index contributed by atoms with van der Waals surface area (Å²) >= 11 is 3.49. The van der Waals surface area contributed by atoms with Gasteiger partial charge in [0.2, 0.25) is 0 Å². The highest BCUT2D eigenvalue weighted by molar-refractivity contribution is 7.10. The largest absolute Gasteiger partial charge is 0.485 e. The first-order valence-electron chi connectivity index (χ1n) is 9.03. The second-order valence-electron chi connectivity index (χ2n) is 6.65. The smallest absolute Gasteiger partial charge is 0.176 e. The summed E-state index contributed by atoms with van der Waals surface area (Å²) in [5, 5.41) is 4.14. The molecule has 2 aromatic heterocycles. The second kappa shape index (κ2) is 7.26. The Morgan fingerprint density at radius 1 is 0.654 bits per heavy atom. The highest BCUT2D eigenvalue weighted by Gasteiger charge is 2.25. The first-order chi connectivity index (χ1) is 12.9. The Morgan fingerprint density at radius 3 is 1.54 bits per heavy atom. The van der Waals surface area contributed by atoms with Crippen LogP contribution in [-0.4, -0.2) is 62.4 Å². The summed E-state index contributed by atoms with van der Waals surface area (Å²) in [5.74, 6) is 3.76. The monoisotopic (exact) mass is 394 g/mol. The van der Waals surface area contributed by atoms with E-state index in [-0.39, 0.29) is 0 Å². The number of rotatable bonds is 4. The van der Waals surface area contributed by atoms with Crippen molar-refractivity contribution in [3.63, 3.8) is 0 Å². The standard InChI is InChI=1S/C18H22N2O4S2/c1-2-20(10-16-18-14(12-26-16)22-6-8-24-18)4-3-19(1)9-15-17-13(11-25-15)21-5-7-23-17/h11-12H,1-10H2. The minimum atomic E-state index is 0.654. The Hall–Kier alpha value is -1.48. The molecule has 0 aromatic carbocycles. The molecule has 8 heteroatoms. The summed E-state index contributed by atoms with van der Waals surface area (Å²) in [5.41, 5.74) is 0. The topological polar surface area (TPSA) is 43.4 Å².